The van der Waals surface area contributed by atoms with E-state index in [2.05, 4.69) is 48.5 Å². The first-order chi connectivity index (χ1) is 22.2. The zero-order valence-electron chi connectivity index (χ0n) is 25.0. The van der Waals surface area contributed by atoms with Crippen LogP contribution in [0.3, 0.4) is 0 Å². The molecule has 1 aliphatic carbocycles. The molecule has 0 amide bonds. The third-order valence-electron chi connectivity index (χ3n) is 8.93. The van der Waals surface area contributed by atoms with Gasteiger partial charge in [-0.1, -0.05) is 72.8 Å². The zero-order chi connectivity index (χ0) is 30.5. The molecule has 0 aliphatic heterocycles. The van der Waals surface area contributed by atoms with Gasteiger partial charge in [0.15, 0.2) is 0 Å². The molecule has 0 bridgehead atoms. The number of fused-ring (bicyclic) bond motifs is 2. The topological polar surface area (TPSA) is 70.5 Å². The monoisotopic (exact) mass is 618 g/mol. The van der Waals surface area contributed by atoms with E-state index in [0.29, 0.717) is 19.7 Å². The number of aromatic nitrogens is 2. The average Bonchev–Trinajstić information content (AvgIpc) is 3.11. The van der Waals surface area contributed by atoms with Crippen molar-refractivity contribution in [1.82, 2.24) is 9.97 Å². The van der Waals surface area contributed by atoms with Crippen LogP contribution in [0.5, 0.6) is 11.5 Å². The Morgan fingerprint density at radius 2 is 1.07 bits per heavy atom. The number of ether oxygens (including phenoxy) is 3. The van der Waals surface area contributed by atoms with Crippen LogP contribution in [0, 0.1) is 0 Å². The van der Waals surface area contributed by atoms with Gasteiger partial charge in [0.05, 0.1) is 22.4 Å². The summed E-state index contributed by atoms with van der Waals surface area (Å²) in [6.45, 7) is 1.37. The third-order valence-corrected chi connectivity index (χ3v) is 8.93. The van der Waals surface area contributed by atoms with Gasteiger partial charge in [0.25, 0.3) is 6.47 Å². The Labute approximate surface area is 291 Å². The van der Waals surface area contributed by atoms with Crippen LogP contribution >= 0.6 is 0 Å². The molecule has 0 saturated heterocycles. The molecule has 2 aromatic heterocycles. The van der Waals surface area contributed by atoms with Gasteiger partial charge in [-0.3, -0.25) is 4.79 Å². The maximum absolute atomic E-state index is 11.0. The summed E-state index contributed by atoms with van der Waals surface area (Å²) >= 11 is 0. The van der Waals surface area contributed by atoms with Gasteiger partial charge in [-0.15, -0.1) is 0 Å². The Morgan fingerprint density at radius 3 is 1.52 bits per heavy atom. The molecule has 0 atom stereocenters. The predicted octanol–water partition coefficient (Wildman–Crippen LogP) is 7.69. The minimum absolute atomic E-state index is 0. The van der Waals surface area contributed by atoms with Gasteiger partial charge in [-0.25, -0.2) is 9.97 Å². The third kappa shape index (κ3) is 6.95. The van der Waals surface area contributed by atoms with Crippen LogP contribution in [0.4, 0.5) is 0 Å². The van der Waals surface area contributed by atoms with Crippen molar-refractivity contribution < 1.29 is 19.0 Å². The molecule has 226 valence electrons. The summed E-state index contributed by atoms with van der Waals surface area (Å²) < 4.78 is 17.6. The number of para-hydroxylation sites is 2. The molecule has 0 unspecified atom stereocenters. The molecule has 0 N–H and O–H groups in total. The summed E-state index contributed by atoms with van der Waals surface area (Å²) in [5.74, 6) is 1.60. The first-order valence-corrected chi connectivity index (χ1v) is 15.4. The van der Waals surface area contributed by atoms with E-state index in [1.165, 1.54) is 11.1 Å². The van der Waals surface area contributed by atoms with Gasteiger partial charge in [0.2, 0.25) is 0 Å². The van der Waals surface area contributed by atoms with E-state index in [1.807, 2.05) is 72.8 Å². The Balaban J connectivity index is 0.00000372. The fourth-order valence-corrected chi connectivity index (χ4v) is 6.47. The van der Waals surface area contributed by atoms with Crippen molar-refractivity contribution in [2.45, 2.75) is 50.4 Å². The Hall–Kier alpha value is -4.23. The minimum atomic E-state index is -0.209. The van der Waals surface area contributed by atoms with Crippen LogP contribution in [0.1, 0.15) is 48.2 Å². The first kappa shape index (κ1) is 31.7. The van der Waals surface area contributed by atoms with E-state index in [-0.39, 0.29) is 41.1 Å². The van der Waals surface area contributed by atoms with Crippen molar-refractivity contribution in [3.05, 3.63) is 144 Å². The van der Waals surface area contributed by atoms with E-state index < -0.39 is 0 Å². The molecular formula is C39H35N2NaO4. The summed E-state index contributed by atoms with van der Waals surface area (Å²) in [5, 5.41) is 2.23. The van der Waals surface area contributed by atoms with Crippen molar-refractivity contribution in [2.24, 2.45) is 0 Å². The summed E-state index contributed by atoms with van der Waals surface area (Å²) in [6.07, 6.45) is 3.29. The van der Waals surface area contributed by atoms with Crippen molar-refractivity contribution in [3.63, 3.8) is 0 Å². The van der Waals surface area contributed by atoms with Gasteiger partial charge in [-0.2, -0.15) is 0 Å². The second kappa shape index (κ2) is 14.5. The quantitative estimate of drug-likeness (QED) is 0.116. The molecule has 46 heavy (non-hydrogen) atoms. The molecule has 0 spiro atoms. The molecule has 6 aromatic rings. The standard InChI is InChI=1S/C39H34N2O4.Na.H/c42-27-45-36-21-23-39(24-22-36,30-11-17-34(18-12-30)43-25-32-15-9-28-5-1-3-7-37(28)40-32)31-13-19-35(20-14-31)44-26-33-16-10-29-6-2-4-8-38(29)41-33;;/h1-20,27,36H,21-26H2;;. The van der Waals surface area contributed by atoms with Crippen LogP contribution in [0.15, 0.2) is 121 Å². The fourth-order valence-electron chi connectivity index (χ4n) is 6.47. The molecule has 1 fully saturated rings. The Kier molecular flexibility index (Phi) is 9.98. The molecule has 0 radical (unpaired) electrons. The number of rotatable bonds is 10. The fraction of sp³-hybridized carbons (Fsp3) is 0.205. The van der Waals surface area contributed by atoms with Crippen molar-refractivity contribution in [1.29, 1.82) is 0 Å². The SMILES string of the molecule is O=COC1CCC(c2ccc(OCc3ccc4ccccc4n3)cc2)(c2ccc(OCc3ccc4ccccc4n3)cc2)CC1.[NaH]. The predicted molar refractivity (Wildman–Crippen MR) is 182 cm³/mol. The molecule has 2 heterocycles. The second-order valence-electron chi connectivity index (χ2n) is 11.6. The molecule has 7 rings (SSSR count). The van der Waals surface area contributed by atoms with E-state index in [0.717, 1.165) is 70.4 Å². The van der Waals surface area contributed by atoms with E-state index >= 15 is 0 Å². The molecule has 1 saturated carbocycles. The summed E-state index contributed by atoms with van der Waals surface area (Å²) in [5.41, 5.74) is 5.94. The van der Waals surface area contributed by atoms with E-state index in [9.17, 15) is 4.79 Å². The number of carbonyl (C=O) groups excluding carboxylic acids is 1. The number of hydrogen-bond acceptors (Lipinski definition) is 6. The van der Waals surface area contributed by atoms with Gasteiger partial charge >= 0.3 is 29.6 Å². The van der Waals surface area contributed by atoms with E-state index in [1.54, 1.807) is 0 Å². The van der Waals surface area contributed by atoms with Gasteiger partial charge in [-0.05, 0) is 85.3 Å². The Bertz CT molecular complexity index is 1790. The van der Waals surface area contributed by atoms with Gasteiger partial charge in [0, 0.05) is 16.2 Å². The summed E-state index contributed by atoms with van der Waals surface area (Å²) in [6, 6.07) is 41.2. The number of carbonyl (C=O) groups is 1. The number of benzene rings is 4. The van der Waals surface area contributed by atoms with Crippen LogP contribution in [0.2, 0.25) is 0 Å². The van der Waals surface area contributed by atoms with Crippen LogP contribution in [0.25, 0.3) is 21.8 Å². The van der Waals surface area contributed by atoms with Crippen molar-refractivity contribution in [2.75, 3.05) is 0 Å². The molecular weight excluding hydrogens is 583 g/mol. The molecule has 7 heteroatoms. The first-order valence-electron chi connectivity index (χ1n) is 15.4. The Morgan fingerprint density at radius 1 is 0.609 bits per heavy atom. The van der Waals surface area contributed by atoms with Gasteiger partial charge in [0.1, 0.15) is 30.8 Å². The normalized spacial score (nSPS) is 14.3. The number of nitrogens with zero attached hydrogens (tertiary/aromatic N) is 2. The van der Waals surface area contributed by atoms with Crippen molar-refractivity contribution in [3.8, 4) is 11.5 Å². The second-order valence-corrected chi connectivity index (χ2v) is 11.6. The summed E-state index contributed by atoms with van der Waals surface area (Å²) in [4.78, 5) is 20.5. The molecule has 6 nitrogen and oxygen atoms in total. The van der Waals surface area contributed by atoms with Crippen molar-refractivity contribution >= 4 is 57.8 Å². The van der Waals surface area contributed by atoms with Crippen LogP contribution in [-0.2, 0) is 28.2 Å². The molecule has 1 aliphatic rings. The molecule has 4 aromatic carbocycles. The average molecular weight is 619 g/mol. The number of pyridine rings is 2. The summed E-state index contributed by atoms with van der Waals surface area (Å²) in [7, 11) is 0. The zero-order valence-corrected chi connectivity index (χ0v) is 25.0. The number of hydrogen-bond donors (Lipinski definition) is 0. The van der Waals surface area contributed by atoms with Gasteiger partial charge < -0.3 is 14.2 Å². The maximum atomic E-state index is 11.0. The van der Waals surface area contributed by atoms with Crippen LogP contribution in [-0.4, -0.2) is 52.1 Å². The van der Waals surface area contributed by atoms with Crippen LogP contribution < -0.4 is 9.47 Å². The van der Waals surface area contributed by atoms with E-state index in [4.69, 9.17) is 24.2 Å².